The first-order valence-corrected chi connectivity index (χ1v) is 8.60. The predicted molar refractivity (Wildman–Crippen MR) is 105 cm³/mol. The largest absolute Gasteiger partial charge is 0.496 e. The van der Waals surface area contributed by atoms with E-state index in [2.05, 4.69) is 18.2 Å². The smallest absolute Gasteiger partial charge is 0.144 e. The fourth-order valence-corrected chi connectivity index (χ4v) is 3.44. The third-order valence-corrected chi connectivity index (χ3v) is 4.74. The van der Waals surface area contributed by atoms with Gasteiger partial charge < -0.3 is 4.74 Å². The first kappa shape index (κ1) is 17.9. The van der Waals surface area contributed by atoms with Gasteiger partial charge in [-0.25, -0.2) is 0 Å². The highest BCUT2D eigenvalue weighted by Gasteiger charge is 2.21. The molecule has 0 atom stereocenters. The zero-order valence-electron chi connectivity index (χ0n) is 15.5. The monoisotopic (exact) mass is 346 g/mol. The molecule has 3 aromatic rings. The molecule has 0 amide bonds. The fraction of sp³-hybridized carbons (Fsp3) is 0.217. The van der Waals surface area contributed by atoms with Gasteiger partial charge >= 0.3 is 0 Å². The second kappa shape index (κ2) is 7.12. The van der Waals surface area contributed by atoms with Crippen LogP contribution in [0.2, 0.25) is 0 Å². The standard InChI is InChI=1S/C23H22O3/c1-14-11-17(9-10-22(14)26-4)18-5-6-20-13-21(8-7-19(20)12-18)23(15(2)24)16(3)25/h5-13,23H,1-4H3. The molecule has 0 aliphatic carbocycles. The minimum Gasteiger partial charge on any atom is -0.496 e. The van der Waals surface area contributed by atoms with E-state index in [1.165, 1.54) is 13.8 Å². The van der Waals surface area contributed by atoms with Gasteiger partial charge in [-0.1, -0.05) is 30.3 Å². The van der Waals surface area contributed by atoms with Crippen LogP contribution in [0.15, 0.2) is 54.6 Å². The lowest BCUT2D eigenvalue weighted by Crippen LogP contribution is -2.16. The summed E-state index contributed by atoms with van der Waals surface area (Å²) in [5, 5.41) is 2.09. The molecular formula is C23H22O3. The zero-order chi connectivity index (χ0) is 18.8. The van der Waals surface area contributed by atoms with Crippen molar-refractivity contribution in [3.05, 3.63) is 65.7 Å². The molecule has 0 unspecified atom stereocenters. The lowest BCUT2D eigenvalue weighted by Gasteiger charge is -2.12. The van der Waals surface area contributed by atoms with Crippen molar-refractivity contribution in [2.45, 2.75) is 26.7 Å². The van der Waals surface area contributed by atoms with Crippen LogP contribution in [-0.4, -0.2) is 18.7 Å². The number of Topliss-reactive ketones (excluding diaryl/α,β-unsaturated/α-hetero) is 2. The topological polar surface area (TPSA) is 43.4 Å². The van der Waals surface area contributed by atoms with Crippen LogP contribution in [-0.2, 0) is 9.59 Å². The number of ketones is 2. The van der Waals surface area contributed by atoms with Crippen LogP contribution in [0.1, 0.15) is 30.9 Å². The summed E-state index contributed by atoms with van der Waals surface area (Å²) in [6.45, 7) is 4.95. The van der Waals surface area contributed by atoms with E-state index in [9.17, 15) is 9.59 Å². The van der Waals surface area contributed by atoms with Gasteiger partial charge in [0.15, 0.2) is 0 Å². The van der Waals surface area contributed by atoms with Crippen LogP contribution in [0.4, 0.5) is 0 Å². The molecular weight excluding hydrogens is 324 g/mol. The molecule has 0 heterocycles. The van der Waals surface area contributed by atoms with Gasteiger partial charge in [0.1, 0.15) is 23.2 Å². The van der Waals surface area contributed by atoms with Crippen molar-refractivity contribution < 1.29 is 14.3 Å². The highest BCUT2D eigenvalue weighted by atomic mass is 16.5. The molecule has 0 radical (unpaired) electrons. The number of ether oxygens (including phenoxy) is 1. The zero-order valence-corrected chi connectivity index (χ0v) is 15.5. The Hall–Kier alpha value is -2.94. The summed E-state index contributed by atoms with van der Waals surface area (Å²) in [5.74, 6) is -0.0497. The van der Waals surface area contributed by atoms with E-state index in [1.54, 1.807) is 7.11 Å². The van der Waals surface area contributed by atoms with Crippen molar-refractivity contribution in [1.82, 2.24) is 0 Å². The second-order valence-electron chi connectivity index (χ2n) is 6.66. The van der Waals surface area contributed by atoms with Gasteiger partial charge in [0.25, 0.3) is 0 Å². The number of methoxy groups -OCH3 is 1. The van der Waals surface area contributed by atoms with Crippen molar-refractivity contribution in [2.75, 3.05) is 7.11 Å². The molecule has 0 spiro atoms. The molecule has 3 heteroatoms. The molecule has 0 fully saturated rings. The summed E-state index contributed by atoms with van der Waals surface area (Å²) in [5.41, 5.74) is 4.09. The lowest BCUT2D eigenvalue weighted by molar-refractivity contribution is -0.126. The SMILES string of the molecule is COc1ccc(-c2ccc3cc(C(C(C)=O)C(C)=O)ccc3c2)cc1C. The molecule has 26 heavy (non-hydrogen) atoms. The van der Waals surface area contributed by atoms with Gasteiger partial charge in [0, 0.05) is 0 Å². The number of carbonyl (C=O) groups is 2. The lowest BCUT2D eigenvalue weighted by atomic mass is 9.90. The predicted octanol–water partition coefficient (Wildman–Crippen LogP) is 5.09. The number of benzene rings is 3. The van der Waals surface area contributed by atoms with Crippen molar-refractivity contribution >= 4 is 22.3 Å². The van der Waals surface area contributed by atoms with Crippen molar-refractivity contribution in [2.24, 2.45) is 0 Å². The Morgan fingerprint density at radius 3 is 2.00 bits per heavy atom. The van der Waals surface area contributed by atoms with E-state index in [4.69, 9.17) is 4.74 Å². The van der Waals surface area contributed by atoms with Gasteiger partial charge in [-0.3, -0.25) is 9.59 Å². The van der Waals surface area contributed by atoms with E-state index >= 15 is 0 Å². The first-order valence-electron chi connectivity index (χ1n) is 8.60. The highest BCUT2D eigenvalue weighted by molar-refractivity contribution is 6.06. The third kappa shape index (κ3) is 3.38. The summed E-state index contributed by atoms with van der Waals surface area (Å²) in [6.07, 6.45) is 0. The van der Waals surface area contributed by atoms with Gasteiger partial charge in [0.2, 0.25) is 0 Å². The normalized spacial score (nSPS) is 11.0. The molecule has 0 saturated heterocycles. The highest BCUT2D eigenvalue weighted by Crippen LogP contribution is 2.30. The average molecular weight is 346 g/mol. The van der Waals surface area contributed by atoms with E-state index in [-0.39, 0.29) is 11.6 Å². The van der Waals surface area contributed by atoms with E-state index in [0.717, 1.165) is 38.8 Å². The Morgan fingerprint density at radius 1 is 0.808 bits per heavy atom. The van der Waals surface area contributed by atoms with E-state index in [0.29, 0.717) is 0 Å². The molecule has 0 saturated carbocycles. The van der Waals surface area contributed by atoms with Crippen molar-refractivity contribution in [1.29, 1.82) is 0 Å². The fourth-order valence-electron chi connectivity index (χ4n) is 3.44. The number of carbonyl (C=O) groups excluding carboxylic acids is 2. The van der Waals surface area contributed by atoms with Gasteiger partial charge in [-0.15, -0.1) is 0 Å². The second-order valence-corrected chi connectivity index (χ2v) is 6.66. The summed E-state index contributed by atoms with van der Waals surface area (Å²) >= 11 is 0. The van der Waals surface area contributed by atoms with Crippen LogP contribution in [0.25, 0.3) is 21.9 Å². The van der Waals surface area contributed by atoms with Crippen LogP contribution in [0, 0.1) is 6.92 Å². The Kier molecular flexibility index (Phi) is 4.90. The summed E-state index contributed by atoms with van der Waals surface area (Å²) in [7, 11) is 1.67. The Morgan fingerprint density at radius 2 is 1.38 bits per heavy atom. The molecule has 0 aliphatic heterocycles. The number of fused-ring (bicyclic) bond motifs is 1. The van der Waals surface area contributed by atoms with Crippen LogP contribution in [0.5, 0.6) is 5.75 Å². The Labute approximate surface area is 153 Å². The van der Waals surface area contributed by atoms with Crippen LogP contribution in [0.3, 0.4) is 0 Å². The van der Waals surface area contributed by atoms with Gasteiger partial charge in [-0.05, 0) is 78.1 Å². The number of rotatable bonds is 5. The maximum Gasteiger partial charge on any atom is 0.144 e. The number of hydrogen-bond donors (Lipinski definition) is 0. The quantitative estimate of drug-likeness (QED) is 0.605. The summed E-state index contributed by atoms with van der Waals surface area (Å²) in [4.78, 5) is 23.6. The molecule has 0 bridgehead atoms. The molecule has 3 aromatic carbocycles. The molecule has 0 N–H and O–H groups in total. The maximum atomic E-state index is 11.8. The molecule has 0 aliphatic rings. The summed E-state index contributed by atoms with van der Waals surface area (Å²) in [6, 6.07) is 18.1. The van der Waals surface area contributed by atoms with Gasteiger partial charge in [0.05, 0.1) is 7.11 Å². The van der Waals surface area contributed by atoms with E-state index in [1.807, 2.05) is 43.3 Å². The minimum absolute atomic E-state index is 0.123. The molecule has 3 nitrogen and oxygen atoms in total. The number of aryl methyl sites for hydroxylation is 1. The van der Waals surface area contributed by atoms with Crippen molar-refractivity contribution in [3.63, 3.8) is 0 Å². The molecule has 0 aromatic heterocycles. The van der Waals surface area contributed by atoms with E-state index < -0.39 is 5.92 Å². The summed E-state index contributed by atoms with van der Waals surface area (Å²) < 4.78 is 5.33. The first-order chi connectivity index (χ1) is 12.4. The number of hydrogen-bond acceptors (Lipinski definition) is 3. The molecule has 3 rings (SSSR count). The van der Waals surface area contributed by atoms with Crippen LogP contribution < -0.4 is 4.74 Å². The molecule has 132 valence electrons. The third-order valence-electron chi connectivity index (χ3n) is 4.74. The maximum absolute atomic E-state index is 11.8. The van der Waals surface area contributed by atoms with Crippen LogP contribution >= 0.6 is 0 Å². The van der Waals surface area contributed by atoms with Crippen molar-refractivity contribution in [3.8, 4) is 16.9 Å². The minimum atomic E-state index is -0.677. The average Bonchev–Trinajstić information content (AvgIpc) is 2.60. The Bertz CT molecular complexity index is 988. The van der Waals surface area contributed by atoms with Gasteiger partial charge in [-0.2, -0.15) is 0 Å². The Balaban J connectivity index is 2.03.